The average Bonchev–Trinajstić information content (AvgIpc) is 3.33. The van der Waals surface area contributed by atoms with Gasteiger partial charge >= 0.3 is 0 Å². The van der Waals surface area contributed by atoms with Crippen LogP contribution in [0, 0.1) is 0 Å². The lowest BCUT2D eigenvalue weighted by Gasteiger charge is -2.23. The standard InChI is InChI=1S/C23H24N2O3/c1-16(21-15-18-6-3-4-7-20(18)28-21)24(2)23(27)14-17-9-11-19(12-10-17)25-13-5-8-22(25)26/h3-4,6-7,9-12,15-16H,5,8,13-14H2,1-2H3. The number of fused-ring (bicyclic) bond motifs is 1. The van der Waals surface area contributed by atoms with Gasteiger partial charge in [-0.1, -0.05) is 30.3 Å². The SMILES string of the molecule is CC(c1cc2ccccc2o1)N(C)C(=O)Cc1ccc(N2CCCC2=O)cc1. The number of nitrogens with zero attached hydrogens (tertiary/aromatic N) is 2. The fourth-order valence-corrected chi connectivity index (χ4v) is 3.63. The minimum Gasteiger partial charge on any atom is -0.459 e. The zero-order chi connectivity index (χ0) is 19.7. The Balaban J connectivity index is 1.43. The molecule has 2 amide bonds. The molecule has 4 rings (SSSR count). The van der Waals surface area contributed by atoms with E-state index >= 15 is 0 Å². The molecular formula is C23H24N2O3. The molecule has 28 heavy (non-hydrogen) atoms. The summed E-state index contributed by atoms with van der Waals surface area (Å²) in [4.78, 5) is 28.1. The van der Waals surface area contributed by atoms with Gasteiger partial charge in [0.05, 0.1) is 12.5 Å². The predicted molar refractivity (Wildman–Crippen MR) is 109 cm³/mol. The number of rotatable bonds is 5. The maximum Gasteiger partial charge on any atom is 0.227 e. The Morgan fingerprint density at radius 1 is 1.18 bits per heavy atom. The molecule has 1 unspecified atom stereocenters. The van der Waals surface area contributed by atoms with Gasteiger partial charge in [0.15, 0.2) is 0 Å². The molecule has 0 saturated carbocycles. The van der Waals surface area contributed by atoms with Crippen LogP contribution in [0.15, 0.2) is 59.0 Å². The lowest BCUT2D eigenvalue weighted by atomic mass is 10.1. The summed E-state index contributed by atoms with van der Waals surface area (Å²) in [5, 5.41) is 1.04. The van der Waals surface area contributed by atoms with Gasteiger partial charge in [0, 0.05) is 31.1 Å². The number of furan rings is 1. The number of para-hydroxylation sites is 1. The van der Waals surface area contributed by atoms with Crippen molar-refractivity contribution in [2.75, 3.05) is 18.5 Å². The summed E-state index contributed by atoms with van der Waals surface area (Å²) in [5.41, 5.74) is 2.67. The van der Waals surface area contributed by atoms with Crippen molar-refractivity contribution in [1.82, 2.24) is 4.90 Å². The first-order valence-electron chi connectivity index (χ1n) is 9.66. The molecule has 2 aromatic carbocycles. The minimum absolute atomic E-state index is 0.0259. The molecule has 0 radical (unpaired) electrons. The van der Waals surface area contributed by atoms with Crippen LogP contribution in [0.3, 0.4) is 0 Å². The van der Waals surface area contributed by atoms with Crippen molar-refractivity contribution >= 4 is 28.5 Å². The van der Waals surface area contributed by atoms with E-state index in [0.29, 0.717) is 12.8 Å². The summed E-state index contributed by atoms with van der Waals surface area (Å²) in [6.45, 7) is 2.74. The highest BCUT2D eigenvalue weighted by molar-refractivity contribution is 5.95. The first kappa shape index (κ1) is 18.3. The maximum atomic E-state index is 12.8. The summed E-state index contributed by atoms with van der Waals surface area (Å²) >= 11 is 0. The molecule has 0 bridgehead atoms. The molecule has 1 aliphatic rings. The summed E-state index contributed by atoms with van der Waals surface area (Å²) in [6.07, 6.45) is 1.84. The number of carbonyl (C=O) groups excluding carboxylic acids is 2. The molecule has 1 atom stereocenters. The van der Waals surface area contributed by atoms with Crippen molar-refractivity contribution < 1.29 is 14.0 Å². The molecule has 0 spiro atoms. The second kappa shape index (κ2) is 7.50. The Kier molecular flexibility index (Phi) is 4.90. The molecular weight excluding hydrogens is 352 g/mol. The molecule has 0 N–H and O–H groups in total. The quantitative estimate of drug-likeness (QED) is 0.666. The molecule has 2 heterocycles. The van der Waals surface area contributed by atoms with Gasteiger partial charge in [0.1, 0.15) is 11.3 Å². The third kappa shape index (κ3) is 3.52. The topological polar surface area (TPSA) is 53.8 Å². The highest BCUT2D eigenvalue weighted by Crippen LogP contribution is 2.27. The van der Waals surface area contributed by atoms with Gasteiger partial charge in [-0.25, -0.2) is 0 Å². The third-order valence-electron chi connectivity index (χ3n) is 5.51. The minimum atomic E-state index is -0.151. The van der Waals surface area contributed by atoms with E-state index in [0.717, 1.165) is 40.9 Å². The van der Waals surface area contributed by atoms with Crippen LogP contribution in [0.5, 0.6) is 0 Å². The van der Waals surface area contributed by atoms with E-state index in [9.17, 15) is 9.59 Å². The van der Waals surface area contributed by atoms with Gasteiger partial charge < -0.3 is 14.2 Å². The lowest BCUT2D eigenvalue weighted by Crippen LogP contribution is -2.30. The number of anilines is 1. The summed E-state index contributed by atoms with van der Waals surface area (Å²) < 4.78 is 5.90. The number of amides is 2. The van der Waals surface area contributed by atoms with Crippen LogP contribution in [0.2, 0.25) is 0 Å². The zero-order valence-corrected chi connectivity index (χ0v) is 16.2. The van der Waals surface area contributed by atoms with Gasteiger partial charge in [-0.3, -0.25) is 9.59 Å². The van der Waals surface area contributed by atoms with Gasteiger partial charge in [-0.2, -0.15) is 0 Å². The van der Waals surface area contributed by atoms with Crippen molar-refractivity contribution in [2.45, 2.75) is 32.2 Å². The second-order valence-electron chi connectivity index (χ2n) is 7.36. The van der Waals surface area contributed by atoms with Crippen LogP contribution in [0.25, 0.3) is 11.0 Å². The molecule has 1 aliphatic heterocycles. The number of carbonyl (C=O) groups is 2. The van der Waals surface area contributed by atoms with Crippen LogP contribution in [-0.2, 0) is 16.0 Å². The monoisotopic (exact) mass is 376 g/mol. The average molecular weight is 376 g/mol. The summed E-state index contributed by atoms with van der Waals surface area (Å²) in [7, 11) is 1.80. The van der Waals surface area contributed by atoms with Crippen molar-refractivity contribution in [3.63, 3.8) is 0 Å². The molecule has 1 aromatic heterocycles. The first-order valence-corrected chi connectivity index (χ1v) is 9.66. The Morgan fingerprint density at radius 2 is 1.93 bits per heavy atom. The zero-order valence-electron chi connectivity index (χ0n) is 16.2. The van der Waals surface area contributed by atoms with Crippen LogP contribution in [0.4, 0.5) is 5.69 Å². The number of hydrogen-bond donors (Lipinski definition) is 0. The highest BCUT2D eigenvalue weighted by atomic mass is 16.3. The Morgan fingerprint density at radius 3 is 2.61 bits per heavy atom. The van der Waals surface area contributed by atoms with Crippen LogP contribution in [0.1, 0.15) is 37.1 Å². The Bertz CT molecular complexity index is 973. The number of hydrogen-bond acceptors (Lipinski definition) is 3. The van der Waals surface area contributed by atoms with E-state index in [4.69, 9.17) is 4.42 Å². The normalized spacial score (nSPS) is 15.2. The second-order valence-corrected chi connectivity index (χ2v) is 7.36. The maximum absolute atomic E-state index is 12.8. The van der Waals surface area contributed by atoms with E-state index < -0.39 is 0 Å². The molecule has 5 heteroatoms. The largest absolute Gasteiger partial charge is 0.459 e. The molecule has 1 fully saturated rings. The van der Waals surface area contributed by atoms with E-state index in [2.05, 4.69) is 0 Å². The van der Waals surface area contributed by atoms with Crippen molar-refractivity contribution in [3.05, 3.63) is 65.9 Å². The van der Waals surface area contributed by atoms with Gasteiger partial charge in [0.25, 0.3) is 0 Å². The molecule has 0 aliphatic carbocycles. The first-order chi connectivity index (χ1) is 13.5. The number of benzene rings is 2. The van der Waals surface area contributed by atoms with E-state index in [-0.39, 0.29) is 17.9 Å². The summed E-state index contributed by atoms with van der Waals surface area (Å²) in [6, 6.07) is 17.4. The number of likely N-dealkylation sites (N-methyl/N-ethyl adjacent to an activating group) is 1. The Labute approximate surface area is 164 Å². The fraction of sp³-hybridized carbons (Fsp3) is 0.304. The third-order valence-corrected chi connectivity index (χ3v) is 5.51. The van der Waals surface area contributed by atoms with Crippen LogP contribution >= 0.6 is 0 Å². The molecule has 144 valence electrons. The van der Waals surface area contributed by atoms with Crippen LogP contribution in [-0.4, -0.2) is 30.3 Å². The fourth-order valence-electron chi connectivity index (χ4n) is 3.63. The summed E-state index contributed by atoms with van der Waals surface area (Å²) in [5.74, 6) is 0.973. The predicted octanol–water partition coefficient (Wildman–Crippen LogP) is 4.32. The van der Waals surface area contributed by atoms with Crippen molar-refractivity contribution in [2.24, 2.45) is 0 Å². The molecule has 5 nitrogen and oxygen atoms in total. The lowest BCUT2D eigenvalue weighted by molar-refractivity contribution is -0.131. The van der Waals surface area contributed by atoms with Crippen molar-refractivity contribution in [1.29, 1.82) is 0 Å². The van der Waals surface area contributed by atoms with E-state index in [1.54, 1.807) is 16.8 Å². The van der Waals surface area contributed by atoms with Crippen LogP contribution < -0.4 is 4.90 Å². The van der Waals surface area contributed by atoms with Gasteiger partial charge in [0.2, 0.25) is 11.8 Å². The smallest absolute Gasteiger partial charge is 0.227 e. The Hall–Kier alpha value is -3.08. The highest BCUT2D eigenvalue weighted by Gasteiger charge is 2.23. The van der Waals surface area contributed by atoms with E-state index in [1.807, 2.05) is 61.5 Å². The van der Waals surface area contributed by atoms with Gasteiger partial charge in [-0.15, -0.1) is 0 Å². The molecule has 3 aromatic rings. The van der Waals surface area contributed by atoms with E-state index in [1.165, 1.54) is 0 Å². The van der Waals surface area contributed by atoms with Crippen molar-refractivity contribution in [3.8, 4) is 0 Å². The molecule has 1 saturated heterocycles. The van der Waals surface area contributed by atoms with Gasteiger partial charge in [-0.05, 0) is 43.2 Å².